The highest BCUT2D eigenvalue weighted by Gasteiger charge is 2.21. The zero-order valence-corrected chi connectivity index (χ0v) is 24.9. The van der Waals surface area contributed by atoms with Crippen molar-refractivity contribution in [3.8, 4) is 51.6 Å². The summed E-state index contributed by atoms with van der Waals surface area (Å²) in [6.45, 7) is 0. The molecule has 0 aliphatic rings. The van der Waals surface area contributed by atoms with Gasteiger partial charge >= 0.3 is 0 Å². The largest absolute Gasteiger partial charge is 0.493 e. The first-order chi connectivity index (χ1) is 20.5. The first-order valence-corrected chi connectivity index (χ1v) is 13.5. The molecule has 1 amide bonds. The summed E-state index contributed by atoms with van der Waals surface area (Å²) >= 11 is 1.21. The Morgan fingerprint density at radius 1 is 0.810 bits per heavy atom. The van der Waals surface area contributed by atoms with Gasteiger partial charge in [-0.25, -0.2) is 5.43 Å². The number of amides is 1. The molecule has 3 aromatic carbocycles. The summed E-state index contributed by atoms with van der Waals surface area (Å²) in [5.41, 5.74) is 4.63. The van der Waals surface area contributed by atoms with Gasteiger partial charge in [0.25, 0.3) is 5.91 Å². The minimum absolute atomic E-state index is 0.0284. The van der Waals surface area contributed by atoms with Gasteiger partial charge in [0.05, 0.1) is 54.6 Å². The molecule has 1 heterocycles. The Bertz CT molecular complexity index is 1530. The molecule has 0 aliphatic carbocycles. The number of hydrazone groups is 1. The highest BCUT2D eigenvalue weighted by molar-refractivity contribution is 7.99. The Balaban J connectivity index is 1.57. The number of rotatable bonds is 13. The van der Waals surface area contributed by atoms with Crippen molar-refractivity contribution in [1.82, 2.24) is 20.2 Å². The van der Waals surface area contributed by atoms with Crippen LogP contribution in [0.2, 0.25) is 0 Å². The van der Waals surface area contributed by atoms with Gasteiger partial charge in [-0.1, -0.05) is 30.0 Å². The third kappa shape index (κ3) is 6.36. The first kappa shape index (κ1) is 30.1. The summed E-state index contributed by atoms with van der Waals surface area (Å²) in [6.07, 6.45) is 1.47. The molecule has 42 heavy (non-hydrogen) atoms. The van der Waals surface area contributed by atoms with E-state index in [0.717, 1.165) is 5.69 Å². The van der Waals surface area contributed by atoms with Gasteiger partial charge in [0, 0.05) is 16.8 Å². The predicted octanol–water partition coefficient (Wildman–Crippen LogP) is 4.23. The summed E-state index contributed by atoms with van der Waals surface area (Å²) in [5, 5.41) is 13.4. The van der Waals surface area contributed by atoms with Crippen LogP contribution in [-0.2, 0) is 4.79 Å². The Kier molecular flexibility index (Phi) is 10.1. The van der Waals surface area contributed by atoms with Gasteiger partial charge in [-0.2, -0.15) is 5.10 Å². The van der Waals surface area contributed by atoms with E-state index in [4.69, 9.17) is 28.4 Å². The molecule has 0 aliphatic heterocycles. The second-order valence-corrected chi connectivity index (χ2v) is 9.34. The van der Waals surface area contributed by atoms with Crippen molar-refractivity contribution in [3.63, 3.8) is 0 Å². The number of benzene rings is 3. The molecule has 0 fully saturated rings. The van der Waals surface area contributed by atoms with Gasteiger partial charge in [-0.3, -0.25) is 9.36 Å². The summed E-state index contributed by atoms with van der Waals surface area (Å²) in [6, 6.07) is 16.6. The lowest BCUT2D eigenvalue weighted by Gasteiger charge is -2.15. The molecule has 0 radical (unpaired) electrons. The number of aromatic nitrogens is 3. The van der Waals surface area contributed by atoms with Crippen molar-refractivity contribution in [2.45, 2.75) is 5.16 Å². The van der Waals surface area contributed by atoms with Crippen LogP contribution in [0.5, 0.6) is 34.5 Å². The van der Waals surface area contributed by atoms with E-state index in [9.17, 15) is 4.79 Å². The highest BCUT2D eigenvalue weighted by Crippen LogP contribution is 2.42. The van der Waals surface area contributed by atoms with E-state index in [1.165, 1.54) is 39.3 Å². The van der Waals surface area contributed by atoms with Crippen LogP contribution in [0.1, 0.15) is 5.56 Å². The maximum Gasteiger partial charge on any atom is 0.250 e. The molecule has 12 nitrogen and oxygen atoms in total. The first-order valence-electron chi connectivity index (χ1n) is 12.5. The normalized spacial score (nSPS) is 10.8. The van der Waals surface area contributed by atoms with Gasteiger partial charge in [-0.15, -0.1) is 10.2 Å². The third-order valence-electron chi connectivity index (χ3n) is 6.03. The second kappa shape index (κ2) is 14.1. The third-order valence-corrected chi connectivity index (χ3v) is 6.96. The lowest BCUT2D eigenvalue weighted by molar-refractivity contribution is -0.118. The number of nitrogens with zero attached hydrogens (tertiary/aromatic N) is 4. The Labute approximate surface area is 247 Å². The number of carbonyl (C=O) groups excluding carboxylic acids is 1. The predicted molar refractivity (Wildman–Crippen MR) is 159 cm³/mol. The summed E-state index contributed by atoms with van der Waals surface area (Å²) in [7, 11) is 9.20. The van der Waals surface area contributed by atoms with Crippen LogP contribution >= 0.6 is 11.8 Å². The molecule has 0 spiro atoms. The smallest absolute Gasteiger partial charge is 0.250 e. The number of carbonyl (C=O) groups is 1. The Morgan fingerprint density at radius 3 is 2.05 bits per heavy atom. The van der Waals surface area contributed by atoms with E-state index in [-0.39, 0.29) is 11.7 Å². The van der Waals surface area contributed by atoms with Crippen molar-refractivity contribution < 1.29 is 33.2 Å². The Hall–Kier alpha value is -4.91. The van der Waals surface area contributed by atoms with Crippen molar-refractivity contribution in [1.29, 1.82) is 0 Å². The van der Waals surface area contributed by atoms with Crippen LogP contribution in [-0.4, -0.2) is 75.3 Å². The second-order valence-electron chi connectivity index (χ2n) is 8.40. The molecule has 0 bridgehead atoms. The number of hydrogen-bond donors (Lipinski definition) is 1. The van der Waals surface area contributed by atoms with Crippen molar-refractivity contribution in [2.24, 2.45) is 5.10 Å². The SMILES string of the molecule is COc1cc(-c2nnc(SCC(=O)N/N=C\c3ccc(OC)c(OC)c3OC)n2-c2ccccc2)cc(OC)c1OC. The van der Waals surface area contributed by atoms with Crippen molar-refractivity contribution in [2.75, 3.05) is 48.4 Å². The maximum absolute atomic E-state index is 12.7. The molecular weight excluding hydrogens is 562 g/mol. The number of para-hydroxylation sites is 1. The van der Waals surface area contributed by atoms with E-state index >= 15 is 0 Å². The molecular formula is C29H31N5O7S. The van der Waals surface area contributed by atoms with Crippen LogP contribution in [0.3, 0.4) is 0 Å². The van der Waals surface area contributed by atoms with Crippen LogP contribution in [0.4, 0.5) is 0 Å². The van der Waals surface area contributed by atoms with E-state index in [1.807, 2.05) is 34.9 Å². The molecule has 1 aromatic heterocycles. The van der Waals surface area contributed by atoms with Crippen molar-refractivity contribution in [3.05, 3.63) is 60.2 Å². The summed E-state index contributed by atoms with van der Waals surface area (Å²) < 4.78 is 34.5. The monoisotopic (exact) mass is 593 g/mol. The molecule has 1 N–H and O–H groups in total. The van der Waals surface area contributed by atoms with Crippen LogP contribution in [0.15, 0.2) is 64.9 Å². The van der Waals surface area contributed by atoms with E-state index in [0.29, 0.717) is 56.6 Å². The van der Waals surface area contributed by atoms with Gasteiger partial charge in [0.15, 0.2) is 34.0 Å². The molecule has 4 aromatic rings. The lowest BCUT2D eigenvalue weighted by atomic mass is 10.1. The summed E-state index contributed by atoms with van der Waals surface area (Å²) in [5.74, 6) is 3.01. The van der Waals surface area contributed by atoms with Crippen LogP contribution < -0.4 is 33.8 Å². The lowest BCUT2D eigenvalue weighted by Crippen LogP contribution is -2.20. The fourth-order valence-electron chi connectivity index (χ4n) is 4.13. The summed E-state index contributed by atoms with van der Waals surface area (Å²) in [4.78, 5) is 12.7. The highest BCUT2D eigenvalue weighted by atomic mass is 32.2. The number of thioether (sulfide) groups is 1. The number of methoxy groups -OCH3 is 6. The van der Waals surface area contributed by atoms with E-state index in [1.54, 1.807) is 45.6 Å². The topological polar surface area (TPSA) is 128 Å². The molecule has 0 saturated heterocycles. The average molecular weight is 594 g/mol. The molecule has 0 saturated carbocycles. The fourth-order valence-corrected chi connectivity index (χ4v) is 4.88. The minimum atomic E-state index is -0.340. The van der Waals surface area contributed by atoms with Crippen molar-refractivity contribution >= 4 is 23.9 Å². The molecule has 0 unspecified atom stereocenters. The number of hydrogen-bond acceptors (Lipinski definition) is 11. The van der Waals surface area contributed by atoms with Crippen LogP contribution in [0, 0.1) is 0 Å². The Morgan fingerprint density at radius 2 is 1.45 bits per heavy atom. The van der Waals surface area contributed by atoms with Gasteiger partial charge in [-0.05, 0) is 36.4 Å². The zero-order chi connectivity index (χ0) is 30.1. The number of nitrogens with one attached hydrogen (secondary N) is 1. The molecule has 0 atom stereocenters. The average Bonchev–Trinajstić information content (AvgIpc) is 3.46. The maximum atomic E-state index is 12.7. The molecule has 13 heteroatoms. The van der Waals surface area contributed by atoms with Crippen LogP contribution in [0.25, 0.3) is 17.1 Å². The zero-order valence-electron chi connectivity index (χ0n) is 24.0. The quantitative estimate of drug-likeness (QED) is 0.137. The van der Waals surface area contributed by atoms with E-state index in [2.05, 4.69) is 20.7 Å². The standard InChI is InChI=1S/C29H31N5O7S/c1-36-21-13-12-18(25(39-4)27(21)41-6)16-30-31-24(35)17-42-29-33-32-28(34(29)20-10-8-7-9-11-20)19-14-22(37-2)26(40-5)23(15-19)38-3/h7-16H,17H2,1-6H3,(H,31,35)/b30-16-. The van der Waals surface area contributed by atoms with Gasteiger partial charge in [0.1, 0.15) is 0 Å². The molecule has 4 rings (SSSR count). The fraction of sp³-hybridized carbons (Fsp3) is 0.241. The molecule has 220 valence electrons. The number of ether oxygens (including phenoxy) is 6. The van der Waals surface area contributed by atoms with Gasteiger partial charge in [0.2, 0.25) is 11.5 Å². The van der Waals surface area contributed by atoms with E-state index < -0.39 is 0 Å². The minimum Gasteiger partial charge on any atom is -0.493 e. The van der Waals surface area contributed by atoms with Gasteiger partial charge < -0.3 is 28.4 Å².